The molecule has 1 atom stereocenters. The van der Waals surface area contributed by atoms with E-state index < -0.39 is 0 Å². The molecule has 1 aromatic heterocycles. The molecule has 0 nitrogen and oxygen atoms in total. The van der Waals surface area contributed by atoms with E-state index in [9.17, 15) is 0 Å². The maximum atomic E-state index is 3.22. The second-order valence-corrected chi connectivity index (χ2v) is 3.55. The molecule has 13 heavy (non-hydrogen) atoms. The van der Waals surface area contributed by atoms with E-state index in [1.165, 1.54) is 11.1 Å². The SMILES string of the molecule is Cc1[c-][pH]cc1C.[C-]1=CC=CC1.[Ti+2]. The van der Waals surface area contributed by atoms with Crippen LogP contribution in [-0.4, -0.2) is 0 Å². The van der Waals surface area contributed by atoms with Crippen molar-refractivity contribution < 1.29 is 21.7 Å². The molecule has 0 spiro atoms. The van der Waals surface area contributed by atoms with Crippen molar-refractivity contribution in [1.82, 2.24) is 0 Å². The monoisotopic (exact) mass is 224 g/mol. The fraction of sp³-hybridized carbons (Fsp3) is 0.273. The molecule has 2 heteroatoms. The van der Waals surface area contributed by atoms with Crippen molar-refractivity contribution in [3.63, 3.8) is 0 Å². The standard InChI is InChI=1S/C6H8P.C5H5.Ti/c1-5-3-7-4-6(5)2;1-2-4-5-3-1;/h3,7H,1-2H3;1-3H,4H2;/q2*-1;+2. The summed E-state index contributed by atoms with van der Waals surface area (Å²) in [5.74, 6) is 5.44. The Bertz CT molecular complexity index is 258. The van der Waals surface area contributed by atoms with Gasteiger partial charge in [-0.25, -0.2) is 12.2 Å². The molecule has 1 heterocycles. The molecule has 0 fully saturated rings. The third kappa shape index (κ3) is 5.31. The number of hydrogen-bond acceptors (Lipinski definition) is 0. The average Bonchev–Trinajstić information content (AvgIpc) is 2.67. The molecule has 1 aliphatic carbocycles. The normalized spacial score (nSPS) is 12.5. The Labute approximate surface area is 97.1 Å². The smallest absolute Gasteiger partial charge is 0.273 e. The summed E-state index contributed by atoms with van der Waals surface area (Å²) in [7, 11) is 0.820. The van der Waals surface area contributed by atoms with E-state index in [2.05, 4.69) is 37.6 Å². The van der Waals surface area contributed by atoms with Crippen molar-refractivity contribution in [2.45, 2.75) is 20.3 Å². The van der Waals surface area contributed by atoms with Gasteiger partial charge in [0.1, 0.15) is 0 Å². The fourth-order valence-corrected chi connectivity index (χ4v) is 1.72. The van der Waals surface area contributed by atoms with Crippen molar-refractivity contribution in [3.05, 3.63) is 47.0 Å². The first-order valence-corrected chi connectivity index (χ1v) is 5.12. The molecule has 1 aromatic rings. The van der Waals surface area contributed by atoms with E-state index in [4.69, 9.17) is 0 Å². The van der Waals surface area contributed by atoms with Gasteiger partial charge in [0.15, 0.2) is 0 Å². The molecule has 1 unspecified atom stereocenters. The Morgan fingerprint density at radius 1 is 1.38 bits per heavy atom. The van der Waals surface area contributed by atoms with Crippen molar-refractivity contribution >= 4 is 8.19 Å². The Kier molecular flexibility index (Phi) is 7.37. The molecule has 0 saturated heterocycles. The van der Waals surface area contributed by atoms with Crippen LogP contribution in [0, 0.1) is 25.7 Å². The van der Waals surface area contributed by atoms with Gasteiger partial charge in [-0.3, -0.25) is 14.3 Å². The summed E-state index contributed by atoms with van der Waals surface area (Å²) < 4.78 is 0. The van der Waals surface area contributed by atoms with Gasteiger partial charge in [0.25, 0.3) is 0 Å². The van der Waals surface area contributed by atoms with Gasteiger partial charge >= 0.3 is 21.7 Å². The molecule has 0 saturated carbocycles. The topological polar surface area (TPSA) is 0 Å². The molecule has 0 aliphatic heterocycles. The average molecular weight is 224 g/mol. The first-order valence-electron chi connectivity index (χ1n) is 4.04. The Hall–Kier alpha value is -0.0257. The molecule has 2 rings (SSSR count). The van der Waals surface area contributed by atoms with E-state index in [0.29, 0.717) is 0 Å². The van der Waals surface area contributed by atoms with Gasteiger partial charge in [0, 0.05) is 0 Å². The maximum Gasteiger partial charge on any atom is 2.00 e. The maximum absolute atomic E-state index is 3.22. The summed E-state index contributed by atoms with van der Waals surface area (Å²) in [5.41, 5.74) is 2.73. The number of hydrogen-bond donors (Lipinski definition) is 0. The van der Waals surface area contributed by atoms with E-state index in [-0.39, 0.29) is 21.7 Å². The van der Waals surface area contributed by atoms with E-state index >= 15 is 0 Å². The van der Waals surface area contributed by atoms with Gasteiger partial charge in [0.2, 0.25) is 0 Å². The van der Waals surface area contributed by atoms with Crippen LogP contribution < -0.4 is 0 Å². The van der Waals surface area contributed by atoms with E-state index in [1.54, 1.807) is 0 Å². The van der Waals surface area contributed by atoms with Crippen LogP contribution in [0.4, 0.5) is 0 Å². The summed E-state index contributed by atoms with van der Waals surface area (Å²) in [5, 5.41) is 0. The van der Waals surface area contributed by atoms with Crippen LogP contribution in [0.5, 0.6) is 0 Å². The third-order valence-corrected chi connectivity index (χ3v) is 2.82. The van der Waals surface area contributed by atoms with Crippen LogP contribution in [0.15, 0.2) is 24.0 Å². The quantitative estimate of drug-likeness (QED) is 0.467. The predicted molar refractivity (Wildman–Crippen MR) is 55.8 cm³/mol. The van der Waals surface area contributed by atoms with Crippen molar-refractivity contribution in [2.75, 3.05) is 0 Å². The zero-order valence-electron chi connectivity index (χ0n) is 8.02. The van der Waals surface area contributed by atoms with Crippen molar-refractivity contribution in [1.29, 1.82) is 0 Å². The molecule has 0 amide bonds. The van der Waals surface area contributed by atoms with Gasteiger partial charge in [-0.15, -0.1) is 6.42 Å². The third-order valence-electron chi connectivity index (χ3n) is 1.73. The summed E-state index contributed by atoms with van der Waals surface area (Å²) >= 11 is 0. The summed E-state index contributed by atoms with van der Waals surface area (Å²) in [6.45, 7) is 4.23. The molecule has 0 radical (unpaired) electrons. The molecule has 66 valence electrons. The predicted octanol–water partition coefficient (Wildman–Crippen LogP) is 3.44. The Balaban J connectivity index is 0.000000215. The van der Waals surface area contributed by atoms with Crippen LogP contribution >= 0.6 is 8.19 Å². The second kappa shape index (κ2) is 7.38. The minimum atomic E-state index is 0. The largest absolute Gasteiger partial charge is 2.00 e. The molecule has 0 N–H and O–H groups in total. The number of aryl methyl sites for hydroxylation is 2. The number of allylic oxidation sites excluding steroid dienone is 4. The van der Waals surface area contributed by atoms with Crippen LogP contribution in [0.1, 0.15) is 17.5 Å². The molecule has 0 aromatic carbocycles. The van der Waals surface area contributed by atoms with Gasteiger partial charge in [-0.2, -0.15) is 28.8 Å². The van der Waals surface area contributed by atoms with Crippen LogP contribution in [0.25, 0.3) is 0 Å². The van der Waals surface area contributed by atoms with Crippen LogP contribution in [0.3, 0.4) is 0 Å². The molecule has 1 aliphatic rings. The molecule has 0 bridgehead atoms. The summed E-state index contributed by atoms with van der Waals surface area (Å²) in [6, 6.07) is 0. The first kappa shape index (κ1) is 13.0. The number of rotatable bonds is 0. The van der Waals surface area contributed by atoms with Gasteiger partial charge < -0.3 is 0 Å². The second-order valence-electron chi connectivity index (χ2n) is 2.72. The van der Waals surface area contributed by atoms with Gasteiger partial charge in [0.05, 0.1) is 0 Å². The summed E-state index contributed by atoms with van der Waals surface area (Å²) in [6.07, 6.45) is 10.0. The zero-order valence-corrected chi connectivity index (χ0v) is 10.6. The minimum absolute atomic E-state index is 0. The fourth-order valence-electron chi connectivity index (χ4n) is 0.800. The van der Waals surface area contributed by atoms with Gasteiger partial charge in [-0.1, -0.05) is 13.8 Å². The zero-order chi connectivity index (χ0) is 8.81. The molecular weight excluding hydrogens is 211 g/mol. The Morgan fingerprint density at radius 3 is 2.31 bits per heavy atom. The van der Waals surface area contributed by atoms with Crippen LogP contribution in [0.2, 0.25) is 0 Å². The van der Waals surface area contributed by atoms with Crippen molar-refractivity contribution in [2.24, 2.45) is 0 Å². The van der Waals surface area contributed by atoms with Crippen molar-refractivity contribution in [3.8, 4) is 0 Å². The van der Waals surface area contributed by atoms with Gasteiger partial charge in [-0.05, 0) is 0 Å². The van der Waals surface area contributed by atoms with Crippen LogP contribution in [-0.2, 0) is 21.7 Å². The Morgan fingerprint density at radius 2 is 2.15 bits per heavy atom. The minimum Gasteiger partial charge on any atom is -0.273 e. The first-order chi connectivity index (χ1) is 5.80. The molecular formula is C11H13PTi. The van der Waals surface area contributed by atoms with E-state index in [0.717, 1.165) is 14.6 Å². The van der Waals surface area contributed by atoms with E-state index in [1.807, 2.05) is 12.2 Å². The summed E-state index contributed by atoms with van der Waals surface area (Å²) in [4.78, 5) is 0.